The summed E-state index contributed by atoms with van der Waals surface area (Å²) in [4.78, 5) is 13.3. The molecule has 0 spiro atoms. The Morgan fingerprint density at radius 1 is 1.10 bits per heavy atom. The second kappa shape index (κ2) is 8.47. The summed E-state index contributed by atoms with van der Waals surface area (Å²) in [5.74, 6) is -0.115. The summed E-state index contributed by atoms with van der Waals surface area (Å²) < 4.78 is 1.50. The maximum atomic E-state index is 13.3. The number of anilines is 1. The van der Waals surface area contributed by atoms with Gasteiger partial charge in [-0.25, -0.2) is 4.68 Å². The Morgan fingerprint density at radius 2 is 1.71 bits per heavy atom. The van der Waals surface area contributed by atoms with Gasteiger partial charge in [-0.1, -0.05) is 48.6 Å². The summed E-state index contributed by atoms with van der Waals surface area (Å²) in [6.07, 6.45) is 0.286. The molecule has 2 N–H and O–H groups in total. The number of para-hydroxylation sites is 2. The number of aromatic hydroxyl groups is 1. The number of amides is 1. The third-order valence-electron chi connectivity index (χ3n) is 5.18. The van der Waals surface area contributed by atoms with Crippen LogP contribution in [0.15, 0.2) is 77.9 Å². The van der Waals surface area contributed by atoms with Crippen molar-refractivity contribution < 1.29 is 9.90 Å². The van der Waals surface area contributed by atoms with Crippen molar-refractivity contribution in [1.29, 1.82) is 0 Å². The van der Waals surface area contributed by atoms with Gasteiger partial charge in [0.2, 0.25) is 5.88 Å². The Morgan fingerprint density at radius 3 is 2.32 bits per heavy atom. The second-order valence-electron chi connectivity index (χ2n) is 7.67. The monoisotopic (exact) mass is 415 g/mol. The molecule has 31 heavy (non-hydrogen) atoms. The molecule has 158 valence electrons. The number of hydrogen-bond acceptors (Lipinski definition) is 5. The number of rotatable bonds is 6. The van der Waals surface area contributed by atoms with E-state index in [1.54, 1.807) is 0 Å². The molecule has 7 nitrogen and oxygen atoms in total. The number of aromatic nitrogens is 2. The lowest BCUT2D eigenvalue weighted by molar-refractivity contribution is -0.119. The molecule has 4 rings (SSSR count). The van der Waals surface area contributed by atoms with Gasteiger partial charge in [-0.15, -0.1) is 0 Å². The molecular weight excluding hydrogens is 390 g/mol. The van der Waals surface area contributed by atoms with Crippen LogP contribution in [0.25, 0.3) is 5.69 Å². The number of nitrogens with one attached hydrogen (secondary N) is 1. The van der Waals surface area contributed by atoms with E-state index in [0.29, 0.717) is 29.3 Å². The number of carbonyl (C=O) groups is 1. The first-order valence-electron chi connectivity index (χ1n) is 10.1. The highest BCUT2D eigenvalue weighted by Gasteiger charge is 2.38. The molecule has 3 aromatic rings. The van der Waals surface area contributed by atoms with Crippen molar-refractivity contribution in [3.05, 3.63) is 84.1 Å². The highest BCUT2D eigenvalue weighted by molar-refractivity contribution is 6.15. The van der Waals surface area contributed by atoms with Crippen molar-refractivity contribution in [1.82, 2.24) is 15.1 Å². The van der Waals surface area contributed by atoms with E-state index in [0.717, 1.165) is 11.3 Å². The van der Waals surface area contributed by atoms with Crippen molar-refractivity contribution in [3.8, 4) is 11.6 Å². The Kier molecular flexibility index (Phi) is 5.58. The molecule has 7 heteroatoms. The fourth-order valence-electron chi connectivity index (χ4n) is 3.57. The molecule has 1 aliphatic rings. The molecule has 1 unspecified atom stereocenters. The third-order valence-corrected chi connectivity index (χ3v) is 5.18. The molecule has 0 saturated heterocycles. The van der Waals surface area contributed by atoms with Crippen LogP contribution in [0.4, 0.5) is 5.69 Å². The van der Waals surface area contributed by atoms with Crippen molar-refractivity contribution in [2.75, 3.05) is 11.6 Å². The van der Waals surface area contributed by atoms with E-state index in [1.807, 2.05) is 74.5 Å². The van der Waals surface area contributed by atoms with Gasteiger partial charge >= 0.3 is 0 Å². The minimum atomic E-state index is -0.558. The van der Waals surface area contributed by atoms with Crippen molar-refractivity contribution in [2.24, 2.45) is 11.0 Å². The number of carbonyl (C=O) groups excluding carboxylic acids is 1. The van der Waals surface area contributed by atoms with Crippen LogP contribution in [0.3, 0.4) is 0 Å². The average Bonchev–Trinajstić information content (AvgIpc) is 3.24. The van der Waals surface area contributed by atoms with Gasteiger partial charge in [0.05, 0.1) is 17.1 Å². The molecule has 0 radical (unpaired) electrons. The molecule has 1 amide bonds. The Balaban J connectivity index is 1.66. The van der Waals surface area contributed by atoms with Gasteiger partial charge < -0.3 is 10.4 Å². The lowest BCUT2D eigenvalue weighted by Crippen LogP contribution is -2.35. The normalized spacial score (nSPS) is 15.8. The van der Waals surface area contributed by atoms with Crippen LogP contribution in [0.1, 0.15) is 18.2 Å². The minimum Gasteiger partial charge on any atom is -0.493 e. The Bertz CT molecular complexity index is 1140. The molecule has 2 heterocycles. The SMILES string of the molecule is C=C(C)CNC1=NN(c2ccccc2)C(=O)C1Cc1c(C)nn(-c2ccccc2)c1O. The second-order valence-corrected chi connectivity index (χ2v) is 7.67. The predicted octanol–water partition coefficient (Wildman–Crippen LogP) is 3.57. The van der Waals surface area contributed by atoms with E-state index in [9.17, 15) is 9.90 Å². The highest BCUT2D eigenvalue weighted by Crippen LogP contribution is 2.31. The van der Waals surface area contributed by atoms with Gasteiger partial charge in [0.25, 0.3) is 5.91 Å². The summed E-state index contributed by atoms with van der Waals surface area (Å²) in [5.41, 5.74) is 3.69. The van der Waals surface area contributed by atoms with E-state index >= 15 is 0 Å². The zero-order chi connectivity index (χ0) is 22.0. The summed E-state index contributed by atoms with van der Waals surface area (Å²) >= 11 is 0. The molecule has 1 aliphatic heterocycles. The van der Waals surface area contributed by atoms with Crippen LogP contribution in [0.5, 0.6) is 5.88 Å². The first kappa shape index (κ1) is 20.4. The molecular formula is C24H25N5O2. The van der Waals surface area contributed by atoms with Crippen molar-refractivity contribution in [3.63, 3.8) is 0 Å². The van der Waals surface area contributed by atoms with Crippen molar-refractivity contribution in [2.45, 2.75) is 20.3 Å². The number of amidine groups is 1. The smallest absolute Gasteiger partial charge is 0.258 e. The van der Waals surface area contributed by atoms with Crippen LogP contribution in [0, 0.1) is 12.8 Å². The molecule has 2 aromatic carbocycles. The quantitative estimate of drug-likeness (QED) is 0.603. The van der Waals surface area contributed by atoms with Gasteiger partial charge in [0, 0.05) is 12.1 Å². The topological polar surface area (TPSA) is 82.8 Å². The van der Waals surface area contributed by atoms with Crippen LogP contribution < -0.4 is 10.3 Å². The summed E-state index contributed by atoms with van der Waals surface area (Å²) in [7, 11) is 0. The van der Waals surface area contributed by atoms with E-state index in [1.165, 1.54) is 9.69 Å². The van der Waals surface area contributed by atoms with Crippen LogP contribution in [-0.4, -0.2) is 33.2 Å². The molecule has 0 saturated carbocycles. The average molecular weight is 415 g/mol. The lowest BCUT2D eigenvalue weighted by atomic mass is 9.97. The van der Waals surface area contributed by atoms with Crippen LogP contribution in [0.2, 0.25) is 0 Å². The lowest BCUT2D eigenvalue weighted by Gasteiger charge is -2.15. The van der Waals surface area contributed by atoms with E-state index in [4.69, 9.17) is 0 Å². The minimum absolute atomic E-state index is 0.0360. The summed E-state index contributed by atoms with van der Waals surface area (Å²) in [6.45, 7) is 8.18. The van der Waals surface area contributed by atoms with Gasteiger partial charge in [0.1, 0.15) is 11.8 Å². The van der Waals surface area contributed by atoms with Crippen LogP contribution in [-0.2, 0) is 11.2 Å². The molecule has 1 aromatic heterocycles. The number of benzene rings is 2. The number of hydrogen-bond donors (Lipinski definition) is 2. The standard InChI is InChI=1S/C24H25N5O2/c1-16(2)15-25-22-21(24(31)29(27-22)19-12-8-5-9-13-19)14-20-17(3)26-28(23(20)30)18-10-6-4-7-11-18/h4-13,21,30H,1,14-15H2,2-3H3,(H,25,27). The zero-order valence-corrected chi connectivity index (χ0v) is 17.6. The fourth-order valence-corrected chi connectivity index (χ4v) is 3.57. The first-order valence-corrected chi connectivity index (χ1v) is 10.1. The summed E-state index contributed by atoms with van der Waals surface area (Å²) in [5, 5.41) is 24.6. The molecule has 1 atom stereocenters. The summed E-state index contributed by atoms with van der Waals surface area (Å²) in [6, 6.07) is 18.7. The first-order chi connectivity index (χ1) is 15.0. The zero-order valence-electron chi connectivity index (χ0n) is 17.6. The number of nitrogens with zero attached hydrogens (tertiary/aromatic N) is 4. The molecule has 0 bridgehead atoms. The van der Waals surface area contributed by atoms with E-state index in [-0.39, 0.29) is 18.2 Å². The molecule has 0 aliphatic carbocycles. The van der Waals surface area contributed by atoms with Gasteiger partial charge in [-0.05, 0) is 44.5 Å². The Labute approximate surface area is 181 Å². The maximum absolute atomic E-state index is 13.3. The third kappa shape index (κ3) is 4.07. The highest BCUT2D eigenvalue weighted by atomic mass is 16.3. The van der Waals surface area contributed by atoms with Gasteiger partial charge in [0.15, 0.2) is 0 Å². The van der Waals surface area contributed by atoms with E-state index in [2.05, 4.69) is 22.1 Å². The van der Waals surface area contributed by atoms with Crippen molar-refractivity contribution >= 4 is 17.4 Å². The Hall–Kier alpha value is -3.87. The number of aryl methyl sites for hydroxylation is 1. The largest absolute Gasteiger partial charge is 0.493 e. The predicted molar refractivity (Wildman–Crippen MR) is 121 cm³/mol. The molecule has 0 fully saturated rings. The maximum Gasteiger partial charge on any atom is 0.258 e. The van der Waals surface area contributed by atoms with Gasteiger partial charge in [-0.2, -0.15) is 15.2 Å². The fraction of sp³-hybridized carbons (Fsp3) is 0.208. The van der Waals surface area contributed by atoms with Crippen LogP contribution >= 0.6 is 0 Å². The van der Waals surface area contributed by atoms with Gasteiger partial charge in [-0.3, -0.25) is 4.79 Å². The van der Waals surface area contributed by atoms with E-state index < -0.39 is 5.92 Å². The number of hydrazone groups is 1.